The highest BCUT2D eigenvalue weighted by Gasteiger charge is 2.08. The van der Waals surface area contributed by atoms with Crippen molar-refractivity contribution in [1.29, 1.82) is 0 Å². The molecule has 1 atom stereocenters. The van der Waals surface area contributed by atoms with Crippen LogP contribution >= 0.6 is 0 Å². The minimum Gasteiger partial charge on any atom is -0.339 e. The Morgan fingerprint density at radius 1 is 1.46 bits per heavy atom. The number of nitrogens with zero attached hydrogens (tertiary/aromatic N) is 2. The second-order valence-electron chi connectivity index (χ2n) is 3.23. The number of aryl methyl sites for hydroxylation is 1. The van der Waals surface area contributed by atoms with E-state index in [2.05, 4.69) is 24.0 Å². The summed E-state index contributed by atoms with van der Waals surface area (Å²) >= 11 is 0. The second kappa shape index (κ2) is 4.97. The van der Waals surface area contributed by atoms with Crippen LogP contribution in [-0.4, -0.2) is 16.2 Å². The van der Waals surface area contributed by atoms with E-state index in [0.29, 0.717) is 6.42 Å². The van der Waals surface area contributed by atoms with Crippen molar-refractivity contribution in [3.05, 3.63) is 11.7 Å². The van der Waals surface area contributed by atoms with E-state index in [9.17, 15) is 0 Å². The predicted octanol–water partition coefficient (Wildman–Crippen LogP) is 1.30. The van der Waals surface area contributed by atoms with Crippen LogP contribution in [0.4, 0.5) is 0 Å². The minimum absolute atomic E-state index is 0.145. The van der Waals surface area contributed by atoms with Crippen molar-refractivity contribution in [2.24, 2.45) is 5.73 Å². The van der Waals surface area contributed by atoms with Crippen molar-refractivity contribution < 1.29 is 4.52 Å². The van der Waals surface area contributed by atoms with Gasteiger partial charge in [0.05, 0.1) is 0 Å². The molecule has 4 heteroatoms. The molecule has 0 aromatic carbocycles. The van der Waals surface area contributed by atoms with Gasteiger partial charge in [-0.2, -0.15) is 4.98 Å². The quantitative estimate of drug-likeness (QED) is 0.747. The summed E-state index contributed by atoms with van der Waals surface area (Å²) in [5.74, 6) is 1.46. The lowest BCUT2D eigenvalue weighted by molar-refractivity contribution is 0.370. The van der Waals surface area contributed by atoms with Crippen molar-refractivity contribution in [2.75, 3.05) is 0 Å². The predicted molar refractivity (Wildman–Crippen MR) is 50.3 cm³/mol. The van der Waals surface area contributed by atoms with Crippen LogP contribution < -0.4 is 5.73 Å². The molecule has 4 nitrogen and oxygen atoms in total. The number of rotatable bonds is 5. The molecule has 13 heavy (non-hydrogen) atoms. The van der Waals surface area contributed by atoms with Crippen molar-refractivity contribution in [3.8, 4) is 0 Å². The van der Waals surface area contributed by atoms with Gasteiger partial charge >= 0.3 is 0 Å². The fourth-order valence-electron chi connectivity index (χ4n) is 1.07. The summed E-state index contributed by atoms with van der Waals surface area (Å²) in [5, 5.41) is 3.86. The minimum atomic E-state index is 0.145. The maximum atomic E-state index is 5.77. The van der Waals surface area contributed by atoms with E-state index < -0.39 is 0 Å². The first-order chi connectivity index (χ1) is 6.26. The van der Waals surface area contributed by atoms with Crippen LogP contribution in [0.1, 0.15) is 38.4 Å². The van der Waals surface area contributed by atoms with Crippen molar-refractivity contribution >= 4 is 0 Å². The number of hydrogen-bond acceptors (Lipinski definition) is 4. The van der Waals surface area contributed by atoms with Gasteiger partial charge in [0.15, 0.2) is 5.82 Å². The van der Waals surface area contributed by atoms with Gasteiger partial charge in [0.1, 0.15) is 0 Å². The summed E-state index contributed by atoms with van der Waals surface area (Å²) in [6, 6.07) is 0.145. The molecule has 0 bridgehead atoms. The van der Waals surface area contributed by atoms with Crippen LogP contribution in [0.15, 0.2) is 4.52 Å². The third-order valence-corrected chi connectivity index (χ3v) is 1.94. The van der Waals surface area contributed by atoms with Gasteiger partial charge in [-0.25, -0.2) is 0 Å². The lowest BCUT2D eigenvalue weighted by atomic mass is 10.2. The summed E-state index contributed by atoms with van der Waals surface area (Å²) in [7, 11) is 0. The van der Waals surface area contributed by atoms with Crippen LogP contribution in [0.5, 0.6) is 0 Å². The molecule has 1 heterocycles. The van der Waals surface area contributed by atoms with Gasteiger partial charge in [0, 0.05) is 18.9 Å². The normalized spacial score (nSPS) is 13.2. The van der Waals surface area contributed by atoms with E-state index in [1.807, 2.05) is 0 Å². The van der Waals surface area contributed by atoms with E-state index in [1.54, 1.807) is 0 Å². The molecular weight excluding hydrogens is 166 g/mol. The Morgan fingerprint density at radius 2 is 2.23 bits per heavy atom. The first kappa shape index (κ1) is 10.2. The molecule has 0 amide bonds. The Morgan fingerprint density at radius 3 is 2.85 bits per heavy atom. The van der Waals surface area contributed by atoms with E-state index in [4.69, 9.17) is 10.3 Å². The Bertz CT molecular complexity index is 247. The Labute approximate surface area is 78.5 Å². The van der Waals surface area contributed by atoms with Crippen molar-refractivity contribution in [2.45, 2.75) is 45.6 Å². The van der Waals surface area contributed by atoms with E-state index >= 15 is 0 Å². The van der Waals surface area contributed by atoms with Crippen LogP contribution in [-0.2, 0) is 12.8 Å². The second-order valence-corrected chi connectivity index (χ2v) is 3.23. The fraction of sp³-hybridized carbons (Fsp3) is 0.778. The molecule has 0 spiro atoms. The van der Waals surface area contributed by atoms with Crippen molar-refractivity contribution in [3.63, 3.8) is 0 Å². The highest BCUT2D eigenvalue weighted by atomic mass is 16.5. The molecule has 0 saturated carbocycles. The number of nitrogens with two attached hydrogens (primary N) is 1. The zero-order valence-corrected chi connectivity index (χ0v) is 8.29. The van der Waals surface area contributed by atoms with Gasteiger partial charge in [-0.3, -0.25) is 0 Å². The maximum absolute atomic E-state index is 5.77. The molecule has 0 aliphatic heterocycles. The highest BCUT2D eigenvalue weighted by Crippen LogP contribution is 2.03. The molecule has 1 rings (SSSR count). The van der Waals surface area contributed by atoms with Crippen LogP contribution in [0.25, 0.3) is 0 Å². The Balaban J connectivity index is 2.48. The first-order valence-electron chi connectivity index (χ1n) is 4.83. The van der Waals surface area contributed by atoms with Gasteiger partial charge in [0.2, 0.25) is 5.89 Å². The monoisotopic (exact) mass is 183 g/mol. The van der Waals surface area contributed by atoms with E-state index in [-0.39, 0.29) is 6.04 Å². The smallest absolute Gasteiger partial charge is 0.226 e. The van der Waals surface area contributed by atoms with Gasteiger partial charge in [-0.15, -0.1) is 0 Å². The molecule has 0 saturated heterocycles. The number of aromatic nitrogens is 2. The van der Waals surface area contributed by atoms with E-state index in [1.165, 1.54) is 0 Å². The standard InChI is InChI=1S/C9H17N3O/c1-3-5-9-11-8(12-13-9)6-7(10)4-2/h7H,3-6,10H2,1-2H3. The van der Waals surface area contributed by atoms with E-state index in [0.717, 1.165) is 31.0 Å². The molecule has 0 aliphatic rings. The maximum Gasteiger partial charge on any atom is 0.226 e. The fourth-order valence-corrected chi connectivity index (χ4v) is 1.07. The topological polar surface area (TPSA) is 64.9 Å². The lowest BCUT2D eigenvalue weighted by Crippen LogP contribution is -2.21. The van der Waals surface area contributed by atoms with Gasteiger partial charge in [-0.1, -0.05) is 19.0 Å². The van der Waals surface area contributed by atoms with Gasteiger partial charge in [0.25, 0.3) is 0 Å². The molecule has 2 N–H and O–H groups in total. The summed E-state index contributed by atoms with van der Waals surface area (Å²) in [6.45, 7) is 4.14. The zero-order chi connectivity index (χ0) is 9.68. The van der Waals surface area contributed by atoms with Gasteiger partial charge < -0.3 is 10.3 Å². The molecule has 1 aromatic heterocycles. The SMILES string of the molecule is CCCc1nc(CC(N)CC)no1. The summed E-state index contributed by atoms with van der Waals surface area (Å²) in [4.78, 5) is 4.23. The average Bonchev–Trinajstić information content (AvgIpc) is 2.53. The highest BCUT2D eigenvalue weighted by molar-refractivity contribution is 4.89. The molecular formula is C9H17N3O. The third kappa shape index (κ3) is 3.14. The third-order valence-electron chi connectivity index (χ3n) is 1.94. The van der Waals surface area contributed by atoms with Crippen molar-refractivity contribution in [1.82, 2.24) is 10.1 Å². The van der Waals surface area contributed by atoms with Gasteiger partial charge in [-0.05, 0) is 12.8 Å². The van der Waals surface area contributed by atoms with Crippen LogP contribution in [0.3, 0.4) is 0 Å². The summed E-state index contributed by atoms with van der Waals surface area (Å²) < 4.78 is 5.03. The molecule has 74 valence electrons. The van der Waals surface area contributed by atoms with Crippen LogP contribution in [0, 0.1) is 0 Å². The average molecular weight is 183 g/mol. The van der Waals surface area contributed by atoms with Crippen LogP contribution in [0.2, 0.25) is 0 Å². The molecule has 0 radical (unpaired) electrons. The first-order valence-corrected chi connectivity index (χ1v) is 4.83. The molecule has 0 fully saturated rings. The number of hydrogen-bond donors (Lipinski definition) is 1. The molecule has 0 aliphatic carbocycles. The molecule has 1 aromatic rings. The Hall–Kier alpha value is -0.900. The zero-order valence-electron chi connectivity index (χ0n) is 8.29. The summed E-state index contributed by atoms with van der Waals surface area (Å²) in [5.41, 5.74) is 5.77. The lowest BCUT2D eigenvalue weighted by Gasteiger charge is -2.02. The summed E-state index contributed by atoms with van der Waals surface area (Å²) in [6.07, 6.45) is 3.54. The Kier molecular flexibility index (Phi) is 3.89. The molecule has 1 unspecified atom stereocenters. The largest absolute Gasteiger partial charge is 0.339 e.